The van der Waals surface area contributed by atoms with Crippen LogP contribution in [-0.4, -0.2) is 60.9 Å². The molecule has 0 bridgehead atoms. The van der Waals surface area contributed by atoms with Crippen LogP contribution < -0.4 is 0 Å². The first-order valence-electron chi connectivity index (χ1n) is 5.45. The summed E-state index contributed by atoms with van der Waals surface area (Å²) in [6.07, 6.45) is 4.54. The third-order valence-electron chi connectivity index (χ3n) is 2.20. The average molecular weight is 257 g/mol. The quantitative estimate of drug-likeness (QED) is 0.566. The number of rotatable bonds is 4. The van der Waals surface area contributed by atoms with E-state index >= 15 is 0 Å². The number of aliphatic carboxylic acids is 2. The Kier molecular flexibility index (Phi) is 8.51. The lowest BCUT2D eigenvalue weighted by Gasteiger charge is -2.21. The summed E-state index contributed by atoms with van der Waals surface area (Å²) in [6, 6.07) is 0. The number of ether oxygens (including phenoxy) is 1. The van der Waals surface area contributed by atoms with Crippen molar-refractivity contribution < 1.29 is 24.5 Å². The summed E-state index contributed by atoms with van der Waals surface area (Å²) in [5, 5.41) is 15.6. The second-order valence-electron chi connectivity index (χ2n) is 3.82. The smallest absolute Gasteiger partial charge is 0.328 e. The monoisotopic (exact) mass is 257 g/mol. The molecule has 0 saturated carbocycles. The van der Waals surface area contributed by atoms with Crippen LogP contribution in [0.1, 0.15) is 6.42 Å². The van der Waals surface area contributed by atoms with E-state index in [1.54, 1.807) is 7.11 Å². The molecular formula is C12H19NO5. The molecule has 0 aromatic carbocycles. The summed E-state index contributed by atoms with van der Waals surface area (Å²) in [7, 11) is 3.89. The van der Waals surface area contributed by atoms with Crippen molar-refractivity contribution in [3.8, 4) is 0 Å². The highest BCUT2D eigenvalue weighted by atomic mass is 16.5. The van der Waals surface area contributed by atoms with Crippen LogP contribution in [0.5, 0.6) is 0 Å². The molecule has 2 N–H and O–H groups in total. The average Bonchev–Trinajstić information content (AvgIpc) is 2.31. The predicted octanol–water partition coefficient (Wildman–Crippen LogP) is 0.607. The van der Waals surface area contributed by atoms with E-state index in [1.807, 2.05) is 0 Å². The third-order valence-corrected chi connectivity index (χ3v) is 2.20. The van der Waals surface area contributed by atoms with Crippen molar-refractivity contribution in [1.29, 1.82) is 0 Å². The highest BCUT2D eigenvalue weighted by Gasteiger charge is 2.05. The highest BCUT2D eigenvalue weighted by Crippen LogP contribution is 2.08. The first-order valence-corrected chi connectivity index (χ1v) is 5.45. The van der Waals surface area contributed by atoms with Gasteiger partial charge in [-0.1, -0.05) is 6.08 Å². The van der Waals surface area contributed by atoms with E-state index in [0.717, 1.165) is 13.2 Å². The van der Waals surface area contributed by atoms with Crippen molar-refractivity contribution in [2.45, 2.75) is 6.42 Å². The lowest BCUT2D eigenvalue weighted by atomic mass is 10.1. The molecule has 6 heteroatoms. The van der Waals surface area contributed by atoms with Gasteiger partial charge in [-0.2, -0.15) is 0 Å². The minimum atomic E-state index is -1.26. The van der Waals surface area contributed by atoms with Gasteiger partial charge in [0.15, 0.2) is 0 Å². The summed E-state index contributed by atoms with van der Waals surface area (Å²) < 4.78 is 5.03. The van der Waals surface area contributed by atoms with Gasteiger partial charge < -0.3 is 19.8 Å². The summed E-state index contributed by atoms with van der Waals surface area (Å²) in [6.45, 7) is 3.07. The van der Waals surface area contributed by atoms with Crippen LogP contribution in [0.3, 0.4) is 0 Å². The Morgan fingerprint density at radius 3 is 2.28 bits per heavy atom. The largest absolute Gasteiger partial charge is 0.478 e. The van der Waals surface area contributed by atoms with Gasteiger partial charge in [0.1, 0.15) is 0 Å². The van der Waals surface area contributed by atoms with E-state index in [1.165, 1.54) is 18.5 Å². The number of nitrogens with zero attached hydrogens (tertiary/aromatic N) is 1. The Morgan fingerprint density at radius 2 is 1.94 bits per heavy atom. The number of carbonyl (C=O) groups is 2. The lowest BCUT2D eigenvalue weighted by molar-refractivity contribution is -0.134. The molecule has 1 heterocycles. The van der Waals surface area contributed by atoms with E-state index in [4.69, 9.17) is 14.9 Å². The van der Waals surface area contributed by atoms with Gasteiger partial charge in [-0.3, -0.25) is 0 Å². The lowest BCUT2D eigenvalue weighted by Crippen LogP contribution is -2.25. The van der Waals surface area contributed by atoms with Gasteiger partial charge in [0.05, 0.1) is 6.61 Å². The fraction of sp³-hybridized carbons (Fsp3) is 0.500. The molecule has 0 atom stereocenters. The van der Waals surface area contributed by atoms with Gasteiger partial charge in [0, 0.05) is 32.4 Å². The van der Waals surface area contributed by atoms with Crippen molar-refractivity contribution in [1.82, 2.24) is 4.90 Å². The van der Waals surface area contributed by atoms with Gasteiger partial charge in [-0.15, -0.1) is 0 Å². The van der Waals surface area contributed by atoms with Gasteiger partial charge in [-0.05, 0) is 19.0 Å². The number of carboxylic acids is 2. The minimum absolute atomic E-state index is 0.558. The molecule has 102 valence electrons. The third kappa shape index (κ3) is 9.56. The highest BCUT2D eigenvalue weighted by molar-refractivity contribution is 5.89. The van der Waals surface area contributed by atoms with E-state index in [9.17, 15) is 9.59 Å². The SMILES string of the molecule is COCC1=CCN(C)CC1.O=C(O)C=CC(=O)O. The van der Waals surface area contributed by atoms with E-state index in [2.05, 4.69) is 18.0 Å². The molecule has 6 nitrogen and oxygen atoms in total. The van der Waals surface area contributed by atoms with E-state index in [-0.39, 0.29) is 0 Å². The summed E-state index contributed by atoms with van der Waals surface area (Å²) in [5.74, 6) is -2.51. The Bertz CT molecular complexity index is 319. The molecular weight excluding hydrogens is 238 g/mol. The number of hydrogen-bond donors (Lipinski definition) is 2. The molecule has 0 aromatic rings. The normalized spacial score (nSPS) is 15.8. The Balaban J connectivity index is 0.000000331. The Labute approximate surface area is 106 Å². The Hall–Kier alpha value is -1.66. The maximum Gasteiger partial charge on any atom is 0.328 e. The predicted molar refractivity (Wildman–Crippen MR) is 66.5 cm³/mol. The first-order chi connectivity index (χ1) is 8.45. The molecule has 0 fully saturated rings. The number of methoxy groups -OCH3 is 1. The number of likely N-dealkylation sites (N-methyl/N-ethyl adjacent to an activating group) is 1. The van der Waals surface area contributed by atoms with Crippen molar-refractivity contribution in [3.05, 3.63) is 23.8 Å². The zero-order valence-corrected chi connectivity index (χ0v) is 10.6. The summed E-state index contributed by atoms with van der Waals surface area (Å²) in [5.41, 5.74) is 1.45. The zero-order valence-electron chi connectivity index (χ0n) is 10.6. The van der Waals surface area contributed by atoms with E-state index in [0.29, 0.717) is 12.2 Å². The first kappa shape index (κ1) is 16.3. The van der Waals surface area contributed by atoms with Gasteiger partial charge in [-0.25, -0.2) is 9.59 Å². The number of hydrogen-bond acceptors (Lipinski definition) is 4. The summed E-state index contributed by atoms with van der Waals surface area (Å²) >= 11 is 0. The molecule has 1 aliphatic heterocycles. The molecule has 0 radical (unpaired) electrons. The van der Waals surface area contributed by atoms with Gasteiger partial charge >= 0.3 is 11.9 Å². The Morgan fingerprint density at radius 1 is 1.39 bits per heavy atom. The van der Waals surface area contributed by atoms with Crippen LogP contribution in [0.25, 0.3) is 0 Å². The maximum atomic E-state index is 9.55. The van der Waals surface area contributed by atoms with Gasteiger partial charge in [0.2, 0.25) is 0 Å². The van der Waals surface area contributed by atoms with Gasteiger partial charge in [0.25, 0.3) is 0 Å². The van der Waals surface area contributed by atoms with Crippen LogP contribution >= 0.6 is 0 Å². The zero-order chi connectivity index (χ0) is 14.0. The fourth-order valence-corrected chi connectivity index (χ4v) is 1.27. The molecule has 1 aliphatic rings. The van der Waals surface area contributed by atoms with Crippen LogP contribution in [0.4, 0.5) is 0 Å². The molecule has 1 rings (SSSR count). The molecule has 0 spiro atoms. The van der Waals surface area contributed by atoms with Crippen molar-refractivity contribution >= 4 is 11.9 Å². The van der Waals surface area contributed by atoms with Crippen molar-refractivity contribution in [2.24, 2.45) is 0 Å². The van der Waals surface area contributed by atoms with Crippen molar-refractivity contribution in [3.63, 3.8) is 0 Å². The molecule has 0 unspecified atom stereocenters. The second kappa shape index (κ2) is 9.38. The molecule has 0 saturated heterocycles. The van der Waals surface area contributed by atoms with Crippen molar-refractivity contribution in [2.75, 3.05) is 33.9 Å². The standard InChI is InChI=1S/C8H15NO.C4H4O4/c1-9-5-3-8(4-6-9)7-10-2;5-3(6)1-2-4(7)8/h3H,4-7H2,1-2H3;1-2H,(H,5,6)(H,7,8). The summed E-state index contributed by atoms with van der Waals surface area (Å²) in [4.78, 5) is 21.4. The maximum absolute atomic E-state index is 9.55. The topological polar surface area (TPSA) is 87.1 Å². The van der Waals surface area contributed by atoms with Crippen LogP contribution in [-0.2, 0) is 14.3 Å². The minimum Gasteiger partial charge on any atom is -0.478 e. The van der Waals surface area contributed by atoms with Crippen LogP contribution in [0.15, 0.2) is 23.8 Å². The molecule has 0 amide bonds. The van der Waals surface area contributed by atoms with E-state index < -0.39 is 11.9 Å². The molecule has 0 aliphatic carbocycles. The van der Waals surface area contributed by atoms with Crippen LogP contribution in [0.2, 0.25) is 0 Å². The number of carboxylic acid groups (broad SMARTS) is 2. The van der Waals surface area contributed by atoms with Crippen LogP contribution in [0, 0.1) is 0 Å². The fourth-order valence-electron chi connectivity index (χ4n) is 1.27. The molecule has 18 heavy (non-hydrogen) atoms. The second-order valence-corrected chi connectivity index (χ2v) is 3.82. The molecule has 0 aromatic heterocycles.